The number of rotatable bonds is 2. The van der Waals surface area contributed by atoms with Gasteiger partial charge >= 0.3 is 6.18 Å². The van der Waals surface area contributed by atoms with Crippen molar-refractivity contribution in [1.29, 1.82) is 0 Å². The van der Waals surface area contributed by atoms with E-state index in [9.17, 15) is 13.2 Å². The molecule has 1 N–H and O–H groups in total. The fourth-order valence-electron chi connectivity index (χ4n) is 2.27. The van der Waals surface area contributed by atoms with Crippen molar-refractivity contribution in [1.82, 2.24) is 20.4 Å². The van der Waals surface area contributed by atoms with E-state index in [2.05, 4.69) is 20.4 Å². The van der Waals surface area contributed by atoms with Gasteiger partial charge in [-0.05, 0) is 38.1 Å². The van der Waals surface area contributed by atoms with Gasteiger partial charge in [-0.2, -0.15) is 18.2 Å². The number of hydrogen-bond donors (Lipinski definition) is 1. The van der Waals surface area contributed by atoms with Crippen molar-refractivity contribution >= 4 is 0 Å². The molecule has 0 spiro atoms. The maximum absolute atomic E-state index is 12.5. The predicted octanol–water partition coefficient (Wildman–Crippen LogP) is 2.62. The summed E-state index contributed by atoms with van der Waals surface area (Å²) in [4.78, 5) is 7.99. The summed E-state index contributed by atoms with van der Waals surface area (Å²) >= 11 is 0. The number of nitrogens with one attached hydrogen (secondary N) is 1. The Morgan fingerprint density at radius 1 is 1.19 bits per heavy atom. The molecule has 3 rings (SSSR count). The van der Waals surface area contributed by atoms with Gasteiger partial charge in [-0.15, -0.1) is 0 Å². The van der Waals surface area contributed by atoms with Crippen molar-refractivity contribution in [2.24, 2.45) is 0 Å². The van der Waals surface area contributed by atoms with Crippen LogP contribution in [0.1, 0.15) is 30.1 Å². The van der Waals surface area contributed by atoms with Gasteiger partial charge in [0.2, 0.25) is 0 Å². The SMILES string of the molecule is FC(F)(F)c1ccc(-c2nc(C3CCNCC3)no2)nc1. The largest absolute Gasteiger partial charge is 0.417 e. The van der Waals surface area contributed by atoms with Crippen LogP contribution in [0.5, 0.6) is 0 Å². The summed E-state index contributed by atoms with van der Waals surface area (Å²) in [5.41, 5.74) is -0.556. The van der Waals surface area contributed by atoms with Crippen molar-refractivity contribution in [3.05, 3.63) is 29.7 Å². The summed E-state index contributed by atoms with van der Waals surface area (Å²) in [6.07, 6.45) is -1.80. The Hall–Kier alpha value is -1.96. The van der Waals surface area contributed by atoms with Crippen molar-refractivity contribution in [3.8, 4) is 11.6 Å². The quantitative estimate of drug-likeness (QED) is 0.923. The van der Waals surface area contributed by atoms with E-state index in [4.69, 9.17) is 4.52 Å². The molecular formula is C13H13F3N4O. The van der Waals surface area contributed by atoms with Gasteiger partial charge in [-0.1, -0.05) is 5.16 Å². The third-order valence-corrected chi connectivity index (χ3v) is 3.46. The van der Waals surface area contributed by atoms with Gasteiger partial charge in [-0.3, -0.25) is 4.98 Å². The molecule has 112 valence electrons. The van der Waals surface area contributed by atoms with Gasteiger partial charge in [-0.25, -0.2) is 0 Å². The van der Waals surface area contributed by atoms with Crippen molar-refractivity contribution in [3.63, 3.8) is 0 Å². The van der Waals surface area contributed by atoms with E-state index < -0.39 is 11.7 Å². The molecule has 0 saturated carbocycles. The molecule has 3 heterocycles. The summed E-state index contributed by atoms with van der Waals surface area (Å²) in [5, 5.41) is 7.15. The first kappa shape index (κ1) is 14.0. The molecule has 0 amide bonds. The lowest BCUT2D eigenvalue weighted by atomic mass is 9.98. The first-order chi connectivity index (χ1) is 10.0. The van der Waals surface area contributed by atoms with Gasteiger partial charge in [0.05, 0.1) is 5.56 Å². The standard InChI is InChI=1S/C13H13F3N4O/c14-13(15,16)9-1-2-10(18-7-9)12-19-11(20-21-12)8-3-5-17-6-4-8/h1-2,7-8,17H,3-6H2. The first-order valence-electron chi connectivity index (χ1n) is 6.62. The Kier molecular flexibility index (Phi) is 3.62. The van der Waals surface area contributed by atoms with Crippen LogP contribution < -0.4 is 5.32 Å². The Labute approximate surface area is 118 Å². The molecule has 0 aromatic carbocycles. The molecule has 0 atom stereocenters. The molecule has 0 aliphatic carbocycles. The van der Waals surface area contributed by atoms with Crippen LogP contribution in [0, 0.1) is 0 Å². The Bertz CT molecular complexity index is 603. The lowest BCUT2D eigenvalue weighted by Gasteiger charge is -2.18. The number of piperidine rings is 1. The number of alkyl halides is 3. The van der Waals surface area contributed by atoms with E-state index in [0.29, 0.717) is 5.82 Å². The average molecular weight is 298 g/mol. The van der Waals surface area contributed by atoms with Crippen LogP contribution in [0.3, 0.4) is 0 Å². The minimum absolute atomic E-state index is 0.150. The number of halogens is 3. The van der Waals surface area contributed by atoms with E-state index in [1.165, 1.54) is 6.07 Å². The molecule has 0 radical (unpaired) electrons. The smallest absolute Gasteiger partial charge is 0.332 e. The maximum Gasteiger partial charge on any atom is 0.417 e. The summed E-state index contributed by atoms with van der Waals surface area (Å²) in [6.45, 7) is 1.79. The molecule has 2 aromatic heterocycles. The fraction of sp³-hybridized carbons (Fsp3) is 0.462. The van der Waals surface area contributed by atoms with Crippen molar-refractivity contribution < 1.29 is 17.7 Å². The topological polar surface area (TPSA) is 63.8 Å². The Morgan fingerprint density at radius 3 is 2.57 bits per heavy atom. The van der Waals surface area contributed by atoms with Crippen LogP contribution in [-0.4, -0.2) is 28.2 Å². The monoisotopic (exact) mass is 298 g/mol. The highest BCUT2D eigenvalue weighted by atomic mass is 19.4. The zero-order valence-electron chi connectivity index (χ0n) is 11.0. The molecule has 21 heavy (non-hydrogen) atoms. The Balaban J connectivity index is 1.79. The molecule has 0 unspecified atom stereocenters. The summed E-state index contributed by atoms with van der Waals surface area (Å²) < 4.78 is 42.5. The van der Waals surface area contributed by atoms with Crippen molar-refractivity contribution in [2.75, 3.05) is 13.1 Å². The van der Waals surface area contributed by atoms with E-state index in [1.54, 1.807) is 0 Å². The maximum atomic E-state index is 12.5. The van der Waals surface area contributed by atoms with Crippen LogP contribution in [-0.2, 0) is 6.18 Å². The zero-order chi connectivity index (χ0) is 14.9. The number of pyridine rings is 1. The second kappa shape index (κ2) is 5.44. The molecule has 8 heteroatoms. The highest BCUT2D eigenvalue weighted by Gasteiger charge is 2.31. The molecular weight excluding hydrogens is 285 g/mol. The summed E-state index contributed by atoms with van der Waals surface area (Å²) in [5.74, 6) is 0.962. The highest BCUT2D eigenvalue weighted by molar-refractivity contribution is 5.46. The summed E-state index contributed by atoms with van der Waals surface area (Å²) in [7, 11) is 0. The fourth-order valence-corrected chi connectivity index (χ4v) is 2.27. The van der Waals surface area contributed by atoms with E-state index in [-0.39, 0.29) is 17.5 Å². The summed E-state index contributed by atoms with van der Waals surface area (Å²) in [6, 6.07) is 2.19. The molecule has 1 aliphatic rings. The minimum Gasteiger partial charge on any atom is -0.332 e. The molecule has 1 fully saturated rings. The minimum atomic E-state index is -4.40. The van der Waals surface area contributed by atoms with Gasteiger partial charge < -0.3 is 9.84 Å². The zero-order valence-corrected chi connectivity index (χ0v) is 11.0. The van der Waals surface area contributed by atoms with E-state index in [1.807, 2.05) is 0 Å². The molecule has 1 aliphatic heterocycles. The first-order valence-corrected chi connectivity index (χ1v) is 6.62. The van der Waals surface area contributed by atoms with E-state index >= 15 is 0 Å². The third kappa shape index (κ3) is 3.05. The lowest BCUT2D eigenvalue weighted by Crippen LogP contribution is -2.27. The van der Waals surface area contributed by atoms with Gasteiger partial charge in [0, 0.05) is 12.1 Å². The third-order valence-electron chi connectivity index (χ3n) is 3.46. The predicted molar refractivity (Wildman–Crippen MR) is 67.4 cm³/mol. The number of aromatic nitrogens is 3. The second-order valence-corrected chi connectivity index (χ2v) is 4.91. The van der Waals surface area contributed by atoms with Crippen LogP contribution in [0.4, 0.5) is 13.2 Å². The normalized spacial score (nSPS) is 17.1. The van der Waals surface area contributed by atoms with Crippen LogP contribution in [0.2, 0.25) is 0 Å². The van der Waals surface area contributed by atoms with Crippen LogP contribution >= 0.6 is 0 Å². The molecule has 0 bridgehead atoms. The number of hydrogen-bond acceptors (Lipinski definition) is 5. The van der Waals surface area contributed by atoms with Gasteiger partial charge in [0.1, 0.15) is 5.69 Å². The van der Waals surface area contributed by atoms with Gasteiger partial charge in [0.15, 0.2) is 5.82 Å². The Morgan fingerprint density at radius 2 is 1.95 bits per heavy atom. The number of nitrogens with zero attached hydrogens (tertiary/aromatic N) is 3. The van der Waals surface area contributed by atoms with Crippen LogP contribution in [0.15, 0.2) is 22.9 Å². The molecule has 1 saturated heterocycles. The second-order valence-electron chi connectivity index (χ2n) is 4.91. The van der Waals surface area contributed by atoms with E-state index in [0.717, 1.165) is 38.2 Å². The van der Waals surface area contributed by atoms with Crippen molar-refractivity contribution in [2.45, 2.75) is 24.9 Å². The average Bonchev–Trinajstić information content (AvgIpc) is 2.97. The van der Waals surface area contributed by atoms with Crippen LogP contribution in [0.25, 0.3) is 11.6 Å². The lowest BCUT2D eigenvalue weighted by molar-refractivity contribution is -0.137. The molecule has 2 aromatic rings. The van der Waals surface area contributed by atoms with Gasteiger partial charge in [0.25, 0.3) is 5.89 Å². The highest BCUT2D eigenvalue weighted by Crippen LogP contribution is 2.30. The molecule has 5 nitrogen and oxygen atoms in total.